The van der Waals surface area contributed by atoms with Gasteiger partial charge in [0.05, 0.1) is 0 Å². The fraction of sp³-hybridized carbons (Fsp3) is 0.889. The Bertz CT molecular complexity index is 96.7. The maximum absolute atomic E-state index is 9.35. The predicted molar refractivity (Wildman–Crippen MR) is 48.4 cm³/mol. The first kappa shape index (κ1) is 15.1. The van der Waals surface area contributed by atoms with Gasteiger partial charge < -0.3 is 16.9 Å². The Kier molecular flexibility index (Phi) is 8.88. The van der Waals surface area contributed by atoms with E-state index in [-0.39, 0.29) is 21.1 Å². The van der Waals surface area contributed by atoms with E-state index in [1.54, 1.807) is 0 Å². The predicted octanol–water partition coefficient (Wildman–Crippen LogP) is 1.30. The fourth-order valence-electron chi connectivity index (χ4n) is 1.03. The fourth-order valence-corrected chi connectivity index (χ4v) is 1.03. The summed E-state index contributed by atoms with van der Waals surface area (Å²) in [6.07, 6.45) is 1.62. The molecule has 0 bridgehead atoms. The zero-order valence-electron chi connectivity index (χ0n) is 8.34. The molecule has 0 spiro atoms. The second-order valence-corrected chi connectivity index (χ2v) is 3.03. The summed E-state index contributed by atoms with van der Waals surface area (Å²) in [5.41, 5.74) is -0.632. The van der Waals surface area contributed by atoms with Crippen LogP contribution in [0.1, 0.15) is 26.7 Å². The molecule has 1 N–H and O–H groups in total. The Morgan fingerprint density at radius 1 is 1.25 bits per heavy atom. The molecule has 0 aromatic heterocycles. The molecule has 12 heavy (non-hydrogen) atoms. The van der Waals surface area contributed by atoms with Crippen LogP contribution >= 0.6 is 0 Å². The Morgan fingerprint density at radius 3 is 1.83 bits per heavy atom. The molecule has 2 nitrogen and oxygen atoms in total. The molecule has 0 aliphatic carbocycles. The molecule has 1 aliphatic heterocycles. The van der Waals surface area contributed by atoms with Gasteiger partial charge in [-0.25, -0.2) is 0 Å². The van der Waals surface area contributed by atoms with Gasteiger partial charge in [0.15, 0.2) is 0 Å². The van der Waals surface area contributed by atoms with Crippen molar-refractivity contribution in [3.8, 4) is 0 Å². The van der Waals surface area contributed by atoms with E-state index >= 15 is 0 Å². The number of rotatable bonds is 0. The molecular formula is C9H20NOW-. The molecule has 1 heterocycles. The van der Waals surface area contributed by atoms with Crippen molar-refractivity contribution in [2.24, 2.45) is 0 Å². The molecule has 0 saturated carbocycles. The topological polar surface area (TPSA) is 23.5 Å². The standard InChI is InChI=1S/C7H14NO.C2H6.W/c1-7(9)3-5-8(2)6-4-7;1-2;/h9H,1,3-6H2,2H3;1-2H3;/q-1;;. The second kappa shape index (κ2) is 7.05. The molecule has 1 aliphatic rings. The van der Waals surface area contributed by atoms with Crippen molar-refractivity contribution in [3.63, 3.8) is 0 Å². The smallest absolute Gasteiger partial charge is 0 e. The molecule has 0 amide bonds. The van der Waals surface area contributed by atoms with Gasteiger partial charge in [-0.05, 0) is 33.0 Å². The van der Waals surface area contributed by atoms with Crippen molar-refractivity contribution in [2.45, 2.75) is 32.3 Å². The minimum atomic E-state index is -0.632. The molecule has 0 aromatic rings. The summed E-state index contributed by atoms with van der Waals surface area (Å²) in [5.74, 6) is 0. The number of aliphatic hydroxyl groups is 1. The number of hydrogen-bond acceptors (Lipinski definition) is 2. The molecule has 74 valence electrons. The van der Waals surface area contributed by atoms with Crippen LogP contribution in [0, 0.1) is 6.92 Å². The van der Waals surface area contributed by atoms with Crippen LogP contribution in [0.4, 0.5) is 0 Å². The Hall–Kier alpha value is 0.608. The average molecular weight is 342 g/mol. The Labute approximate surface area is 90.6 Å². The number of nitrogens with zero attached hydrogens (tertiary/aromatic N) is 1. The molecule has 0 atom stereocenters. The zero-order chi connectivity index (χ0) is 8.91. The summed E-state index contributed by atoms with van der Waals surface area (Å²) in [4.78, 5) is 2.21. The quantitative estimate of drug-likeness (QED) is 0.671. The van der Waals surface area contributed by atoms with Crippen molar-refractivity contribution >= 4 is 0 Å². The van der Waals surface area contributed by atoms with Gasteiger partial charge in [-0.3, -0.25) is 0 Å². The normalized spacial score (nSPS) is 21.8. The summed E-state index contributed by atoms with van der Waals surface area (Å²) in [6.45, 7) is 9.64. The van der Waals surface area contributed by atoms with Crippen LogP contribution in [-0.2, 0) is 21.1 Å². The number of hydrogen-bond donors (Lipinski definition) is 1. The Morgan fingerprint density at radius 2 is 1.58 bits per heavy atom. The minimum absolute atomic E-state index is 0. The van der Waals surface area contributed by atoms with E-state index in [0.29, 0.717) is 0 Å². The van der Waals surface area contributed by atoms with Gasteiger partial charge in [0.1, 0.15) is 0 Å². The van der Waals surface area contributed by atoms with E-state index in [1.807, 2.05) is 13.8 Å². The average Bonchev–Trinajstić information content (AvgIpc) is 2.00. The summed E-state index contributed by atoms with van der Waals surface area (Å²) >= 11 is 0. The van der Waals surface area contributed by atoms with Crippen LogP contribution in [0.15, 0.2) is 0 Å². The summed E-state index contributed by atoms with van der Waals surface area (Å²) in [6, 6.07) is 0. The Balaban J connectivity index is 0. The van der Waals surface area contributed by atoms with Gasteiger partial charge in [-0.2, -0.15) is 0 Å². The van der Waals surface area contributed by atoms with Crippen molar-refractivity contribution in [2.75, 3.05) is 20.1 Å². The summed E-state index contributed by atoms with van der Waals surface area (Å²) in [7, 11) is 2.06. The van der Waals surface area contributed by atoms with Crippen molar-refractivity contribution in [1.29, 1.82) is 0 Å². The van der Waals surface area contributed by atoms with Crippen LogP contribution in [0.25, 0.3) is 0 Å². The molecule has 1 fully saturated rings. The van der Waals surface area contributed by atoms with Crippen molar-refractivity contribution in [3.05, 3.63) is 6.92 Å². The SMILES string of the molecule is CC.[CH2-]C1(O)CCN(C)CC1.[W]. The van der Waals surface area contributed by atoms with Gasteiger partial charge in [0, 0.05) is 21.1 Å². The van der Waals surface area contributed by atoms with Crippen LogP contribution < -0.4 is 0 Å². The van der Waals surface area contributed by atoms with Crippen LogP contribution in [0.3, 0.4) is 0 Å². The monoisotopic (exact) mass is 342 g/mol. The molecule has 0 aromatic carbocycles. The summed E-state index contributed by atoms with van der Waals surface area (Å²) < 4.78 is 0. The van der Waals surface area contributed by atoms with E-state index in [4.69, 9.17) is 0 Å². The van der Waals surface area contributed by atoms with Crippen molar-refractivity contribution in [1.82, 2.24) is 4.90 Å². The van der Waals surface area contributed by atoms with Crippen LogP contribution in [-0.4, -0.2) is 35.7 Å². The van der Waals surface area contributed by atoms with E-state index < -0.39 is 5.60 Å². The van der Waals surface area contributed by atoms with Gasteiger partial charge in [0.25, 0.3) is 0 Å². The van der Waals surface area contributed by atoms with E-state index in [9.17, 15) is 5.11 Å². The van der Waals surface area contributed by atoms with Gasteiger partial charge in [-0.15, -0.1) is 0 Å². The number of piperidine rings is 1. The minimum Gasteiger partial charge on any atom is -0.422 e. The van der Waals surface area contributed by atoms with Crippen LogP contribution in [0.2, 0.25) is 0 Å². The third kappa shape index (κ3) is 6.16. The zero-order valence-corrected chi connectivity index (χ0v) is 11.3. The maximum Gasteiger partial charge on any atom is 0 e. The van der Waals surface area contributed by atoms with Gasteiger partial charge in [0.2, 0.25) is 0 Å². The van der Waals surface area contributed by atoms with E-state index in [2.05, 4.69) is 18.9 Å². The maximum atomic E-state index is 9.35. The van der Waals surface area contributed by atoms with E-state index in [0.717, 1.165) is 25.9 Å². The molecule has 1 saturated heterocycles. The van der Waals surface area contributed by atoms with Crippen LogP contribution in [0.5, 0.6) is 0 Å². The summed E-state index contributed by atoms with van der Waals surface area (Å²) in [5, 5.41) is 9.35. The van der Waals surface area contributed by atoms with E-state index in [1.165, 1.54) is 0 Å². The molecule has 0 radical (unpaired) electrons. The van der Waals surface area contributed by atoms with Gasteiger partial charge in [-0.1, -0.05) is 19.4 Å². The first-order chi connectivity index (χ1) is 5.10. The second-order valence-electron chi connectivity index (χ2n) is 3.03. The molecular weight excluding hydrogens is 322 g/mol. The molecule has 3 heteroatoms. The number of likely N-dealkylation sites (tertiary alicyclic amines) is 1. The largest absolute Gasteiger partial charge is 0.422 e. The third-order valence-corrected chi connectivity index (χ3v) is 1.92. The first-order valence-corrected chi connectivity index (χ1v) is 4.36. The van der Waals surface area contributed by atoms with Crippen molar-refractivity contribution < 1.29 is 26.2 Å². The third-order valence-electron chi connectivity index (χ3n) is 1.92. The first-order valence-electron chi connectivity index (χ1n) is 4.36. The molecule has 1 rings (SSSR count). The van der Waals surface area contributed by atoms with Gasteiger partial charge >= 0.3 is 0 Å². The molecule has 0 unspecified atom stereocenters.